The number of amides is 3. The molecule has 0 atom stereocenters. The number of imide groups is 1. The van der Waals surface area contributed by atoms with Gasteiger partial charge in [-0.05, 0) is 43.2 Å². The number of piperidine rings is 1. The lowest BCUT2D eigenvalue weighted by atomic mass is 10.1. The molecule has 2 aliphatic heterocycles. The van der Waals surface area contributed by atoms with Crippen LogP contribution in [0.1, 0.15) is 24.8 Å². The molecule has 4 rings (SSSR count). The third-order valence-corrected chi connectivity index (χ3v) is 6.13. The van der Waals surface area contributed by atoms with Gasteiger partial charge in [0, 0.05) is 35.8 Å². The van der Waals surface area contributed by atoms with E-state index in [-0.39, 0.29) is 19.0 Å². The lowest BCUT2D eigenvalue weighted by Crippen LogP contribution is -2.44. The highest BCUT2D eigenvalue weighted by atomic mass is 32.2. The highest BCUT2D eigenvalue weighted by Crippen LogP contribution is 2.34. The number of nitriles is 1. The number of likely N-dealkylation sites (tertiary alicyclic amines) is 1. The van der Waals surface area contributed by atoms with Gasteiger partial charge < -0.3 is 9.47 Å². The summed E-state index contributed by atoms with van der Waals surface area (Å²) in [4.78, 5) is 40.7. The Hall–Kier alpha value is -3.05. The van der Waals surface area contributed by atoms with E-state index in [1.165, 1.54) is 0 Å². The van der Waals surface area contributed by atoms with E-state index < -0.39 is 11.1 Å². The van der Waals surface area contributed by atoms with Gasteiger partial charge >= 0.3 is 0 Å². The second-order valence-electron chi connectivity index (χ2n) is 7.10. The van der Waals surface area contributed by atoms with Gasteiger partial charge in [-0.2, -0.15) is 5.26 Å². The second-order valence-corrected chi connectivity index (χ2v) is 8.09. The summed E-state index contributed by atoms with van der Waals surface area (Å²) < 4.78 is 1.81. The molecule has 2 fully saturated rings. The molecular formula is C21H20N4O3S. The molecule has 0 N–H and O–H groups in total. The molecule has 3 heterocycles. The Morgan fingerprint density at radius 3 is 2.69 bits per heavy atom. The van der Waals surface area contributed by atoms with Crippen molar-refractivity contribution in [2.45, 2.75) is 25.8 Å². The summed E-state index contributed by atoms with van der Waals surface area (Å²) in [6, 6.07) is 9.73. The van der Waals surface area contributed by atoms with Gasteiger partial charge in [-0.1, -0.05) is 18.2 Å². The van der Waals surface area contributed by atoms with E-state index in [0.717, 1.165) is 52.4 Å². The number of carbonyl (C=O) groups is 3. The van der Waals surface area contributed by atoms with Crippen LogP contribution in [-0.4, -0.2) is 51.1 Å². The second kappa shape index (κ2) is 8.13. The Morgan fingerprint density at radius 2 is 1.93 bits per heavy atom. The van der Waals surface area contributed by atoms with Gasteiger partial charge in [0.15, 0.2) is 0 Å². The first kappa shape index (κ1) is 19.3. The summed E-state index contributed by atoms with van der Waals surface area (Å²) in [6.07, 6.45) is 6.50. The van der Waals surface area contributed by atoms with E-state index in [1.807, 2.05) is 28.8 Å². The summed E-state index contributed by atoms with van der Waals surface area (Å²) in [7, 11) is 0. The van der Waals surface area contributed by atoms with Crippen LogP contribution >= 0.6 is 11.8 Å². The number of carbonyl (C=O) groups excluding carboxylic acids is 3. The molecule has 1 aromatic carbocycles. The first-order chi connectivity index (χ1) is 14.1. The molecule has 2 saturated heterocycles. The zero-order valence-electron chi connectivity index (χ0n) is 15.8. The molecule has 2 aliphatic rings. The number of nitrogens with zero attached hydrogens (tertiary/aromatic N) is 4. The summed E-state index contributed by atoms with van der Waals surface area (Å²) in [6.45, 7) is 1.35. The van der Waals surface area contributed by atoms with Crippen molar-refractivity contribution < 1.29 is 14.4 Å². The van der Waals surface area contributed by atoms with E-state index >= 15 is 0 Å². The highest BCUT2D eigenvalue weighted by Gasteiger charge is 2.37. The van der Waals surface area contributed by atoms with Crippen LogP contribution in [0.3, 0.4) is 0 Å². The largest absolute Gasteiger partial charge is 0.341 e. The van der Waals surface area contributed by atoms with Crippen LogP contribution in [0.2, 0.25) is 0 Å². The summed E-state index contributed by atoms with van der Waals surface area (Å²) >= 11 is 0.850. The number of para-hydroxylation sites is 1. The van der Waals surface area contributed by atoms with Crippen LogP contribution < -0.4 is 0 Å². The molecule has 8 heteroatoms. The maximum atomic E-state index is 12.8. The molecule has 0 saturated carbocycles. The molecule has 2 aromatic rings. The van der Waals surface area contributed by atoms with Crippen molar-refractivity contribution in [1.29, 1.82) is 5.26 Å². The molecule has 0 aliphatic carbocycles. The number of benzene rings is 1. The van der Waals surface area contributed by atoms with Crippen LogP contribution in [0.5, 0.6) is 0 Å². The normalized spacial score (nSPS) is 18.7. The molecule has 7 nitrogen and oxygen atoms in total. The average Bonchev–Trinajstić information content (AvgIpc) is 3.21. The fourth-order valence-corrected chi connectivity index (χ4v) is 4.58. The SMILES string of the molecule is N#CCn1cc(/C=C2\SC(=O)N(CC(=O)N3CCCCC3)C2=O)c2ccccc21. The lowest BCUT2D eigenvalue weighted by molar-refractivity contribution is -0.136. The van der Waals surface area contributed by atoms with Gasteiger partial charge in [0.2, 0.25) is 5.91 Å². The lowest BCUT2D eigenvalue weighted by Gasteiger charge is -2.27. The first-order valence-corrected chi connectivity index (χ1v) is 10.4. The Balaban J connectivity index is 1.57. The van der Waals surface area contributed by atoms with Crippen molar-refractivity contribution in [2.24, 2.45) is 0 Å². The van der Waals surface area contributed by atoms with Gasteiger partial charge in [-0.15, -0.1) is 0 Å². The molecule has 3 amide bonds. The van der Waals surface area contributed by atoms with Crippen LogP contribution in [0.4, 0.5) is 4.79 Å². The number of aromatic nitrogens is 1. The fourth-order valence-electron chi connectivity index (χ4n) is 3.75. The Morgan fingerprint density at radius 1 is 1.17 bits per heavy atom. The Labute approximate surface area is 172 Å². The number of rotatable bonds is 4. The molecule has 148 valence electrons. The van der Waals surface area contributed by atoms with Gasteiger partial charge in [0.25, 0.3) is 11.1 Å². The maximum absolute atomic E-state index is 12.8. The third kappa shape index (κ3) is 3.78. The van der Waals surface area contributed by atoms with Gasteiger partial charge in [-0.3, -0.25) is 19.3 Å². The molecule has 0 spiro atoms. The summed E-state index contributed by atoms with van der Waals surface area (Å²) in [5.74, 6) is -0.624. The van der Waals surface area contributed by atoms with Crippen LogP contribution in [0.15, 0.2) is 35.4 Å². The number of hydrogen-bond acceptors (Lipinski definition) is 5. The number of fused-ring (bicyclic) bond motifs is 1. The van der Waals surface area contributed by atoms with Crippen LogP contribution in [-0.2, 0) is 16.1 Å². The van der Waals surface area contributed by atoms with E-state index in [4.69, 9.17) is 5.26 Å². The topological polar surface area (TPSA) is 86.4 Å². The number of hydrogen-bond donors (Lipinski definition) is 0. The van der Waals surface area contributed by atoms with Crippen molar-refractivity contribution in [3.63, 3.8) is 0 Å². The van der Waals surface area contributed by atoms with Crippen LogP contribution in [0.25, 0.3) is 17.0 Å². The minimum absolute atomic E-state index is 0.182. The minimum atomic E-state index is -0.442. The predicted octanol–water partition coefficient (Wildman–Crippen LogP) is 3.21. The molecule has 1 aromatic heterocycles. The summed E-state index contributed by atoms with van der Waals surface area (Å²) in [5.41, 5.74) is 1.66. The highest BCUT2D eigenvalue weighted by molar-refractivity contribution is 8.18. The smallest absolute Gasteiger partial charge is 0.294 e. The van der Waals surface area contributed by atoms with Crippen molar-refractivity contribution >= 4 is 45.8 Å². The molecule has 0 bridgehead atoms. The zero-order valence-corrected chi connectivity index (χ0v) is 16.7. The monoisotopic (exact) mass is 408 g/mol. The minimum Gasteiger partial charge on any atom is -0.341 e. The van der Waals surface area contributed by atoms with E-state index in [0.29, 0.717) is 18.0 Å². The zero-order chi connectivity index (χ0) is 20.4. The van der Waals surface area contributed by atoms with Crippen molar-refractivity contribution in [2.75, 3.05) is 19.6 Å². The summed E-state index contributed by atoms with van der Waals surface area (Å²) in [5, 5.41) is 9.52. The van der Waals surface area contributed by atoms with Gasteiger partial charge in [0.1, 0.15) is 13.1 Å². The number of thioether (sulfide) groups is 1. The predicted molar refractivity (Wildman–Crippen MR) is 111 cm³/mol. The fraction of sp³-hybridized carbons (Fsp3) is 0.333. The quantitative estimate of drug-likeness (QED) is 0.725. The Kier molecular flexibility index (Phi) is 5.41. The van der Waals surface area contributed by atoms with E-state index in [2.05, 4.69) is 6.07 Å². The molecule has 0 unspecified atom stereocenters. The third-order valence-electron chi connectivity index (χ3n) is 5.22. The van der Waals surface area contributed by atoms with Gasteiger partial charge in [-0.25, -0.2) is 0 Å². The molecule has 29 heavy (non-hydrogen) atoms. The van der Waals surface area contributed by atoms with Crippen LogP contribution in [0, 0.1) is 11.3 Å². The van der Waals surface area contributed by atoms with E-state index in [9.17, 15) is 14.4 Å². The Bertz CT molecular complexity index is 1060. The standard InChI is InChI=1S/C21H20N4O3S/c22-8-11-24-13-15(16-6-2-3-7-17(16)24)12-18-20(27)25(21(28)29-18)14-19(26)23-9-4-1-5-10-23/h2-3,6-7,12-13H,1,4-5,9-11,14H2/b18-12-. The van der Waals surface area contributed by atoms with E-state index in [1.54, 1.807) is 17.2 Å². The average molecular weight is 408 g/mol. The maximum Gasteiger partial charge on any atom is 0.294 e. The van der Waals surface area contributed by atoms with Crippen molar-refractivity contribution in [3.05, 3.63) is 40.9 Å². The van der Waals surface area contributed by atoms with Crippen molar-refractivity contribution in [3.8, 4) is 6.07 Å². The molecular weight excluding hydrogens is 388 g/mol. The van der Waals surface area contributed by atoms with Gasteiger partial charge in [0.05, 0.1) is 11.0 Å². The molecule has 0 radical (unpaired) electrons. The first-order valence-electron chi connectivity index (χ1n) is 9.56. The van der Waals surface area contributed by atoms with Crippen molar-refractivity contribution in [1.82, 2.24) is 14.4 Å².